The van der Waals surface area contributed by atoms with E-state index in [1.165, 1.54) is 4.90 Å². The molecule has 0 saturated carbocycles. The Bertz CT molecular complexity index is 499. The fraction of sp³-hybridized carbons (Fsp3) is 0.615. The molecule has 0 bridgehead atoms. The zero-order valence-corrected chi connectivity index (χ0v) is 13.0. The van der Waals surface area contributed by atoms with Crippen molar-refractivity contribution in [2.75, 3.05) is 13.1 Å². The van der Waals surface area contributed by atoms with E-state index >= 15 is 0 Å². The van der Waals surface area contributed by atoms with Gasteiger partial charge in [0.05, 0.1) is 5.54 Å². The topological polar surface area (TPSA) is 75.7 Å². The first-order valence-electron chi connectivity index (χ1n) is 6.28. The van der Waals surface area contributed by atoms with Crippen LogP contribution in [-0.4, -0.2) is 43.6 Å². The molecule has 1 fully saturated rings. The Labute approximate surface area is 120 Å². The van der Waals surface area contributed by atoms with Gasteiger partial charge in [-0.25, -0.2) is 17.9 Å². The molecule has 114 valence electrons. The average molecular weight is 302 g/mol. The predicted octanol–water partition coefficient (Wildman–Crippen LogP) is 1.61. The Balaban J connectivity index is 2.70. The summed E-state index contributed by atoms with van der Waals surface area (Å²) in [7, 11) is -3.56. The van der Waals surface area contributed by atoms with Crippen LogP contribution in [0.15, 0.2) is 24.6 Å². The zero-order chi connectivity index (χ0) is 15.6. The largest absolute Gasteiger partial charge is 0.444 e. The van der Waals surface area contributed by atoms with Crippen LogP contribution in [0.5, 0.6) is 0 Å². The molecule has 20 heavy (non-hydrogen) atoms. The number of hydrogen-bond donors (Lipinski definition) is 1. The van der Waals surface area contributed by atoms with Gasteiger partial charge in [0.2, 0.25) is 10.0 Å². The molecule has 0 unspecified atom stereocenters. The van der Waals surface area contributed by atoms with Crippen molar-refractivity contribution in [1.82, 2.24) is 9.62 Å². The van der Waals surface area contributed by atoms with Gasteiger partial charge < -0.3 is 9.64 Å². The Hall–Kier alpha value is -1.34. The number of carbonyl (C=O) groups excluding carboxylic acids is 1. The molecule has 0 aliphatic carbocycles. The summed E-state index contributed by atoms with van der Waals surface area (Å²) in [6, 6.07) is 0. The number of nitrogens with zero attached hydrogens (tertiary/aromatic N) is 1. The lowest BCUT2D eigenvalue weighted by Gasteiger charge is -2.49. The van der Waals surface area contributed by atoms with Crippen LogP contribution in [0.1, 0.15) is 27.2 Å². The van der Waals surface area contributed by atoms with Crippen LogP contribution in [0.2, 0.25) is 0 Å². The molecule has 0 spiro atoms. The van der Waals surface area contributed by atoms with E-state index in [-0.39, 0.29) is 13.1 Å². The molecule has 1 heterocycles. The molecule has 1 rings (SSSR count). The number of likely N-dealkylation sites (tertiary alicyclic amines) is 1. The van der Waals surface area contributed by atoms with Crippen molar-refractivity contribution in [3.05, 3.63) is 24.6 Å². The highest BCUT2D eigenvalue weighted by Crippen LogP contribution is 2.28. The Morgan fingerprint density at radius 1 is 1.40 bits per heavy atom. The third kappa shape index (κ3) is 4.35. The summed E-state index contributed by atoms with van der Waals surface area (Å²) >= 11 is 0. The SMILES string of the molecule is C=CCC1(NS(=O)(=O)C=C)CN(C(=O)OC(C)(C)C)C1. The maximum absolute atomic E-state index is 11.8. The standard InChI is InChI=1S/C13H22N2O4S/c1-6-8-13(14-20(17,18)7-2)9-15(10-13)11(16)19-12(3,4)5/h6-7,14H,1-2,8-10H2,3-5H3. The van der Waals surface area contributed by atoms with Gasteiger partial charge in [-0.05, 0) is 27.2 Å². The second kappa shape index (κ2) is 5.57. The number of carbonyl (C=O) groups is 1. The summed E-state index contributed by atoms with van der Waals surface area (Å²) < 4.78 is 31.0. The van der Waals surface area contributed by atoms with Crippen molar-refractivity contribution in [3.63, 3.8) is 0 Å². The molecule has 0 atom stereocenters. The number of ether oxygens (including phenoxy) is 1. The van der Waals surface area contributed by atoms with E-state index in [4.69, 9.17) is 4.74 Å². The fourth-order valence-corrected chi connectivity index (χ4v) is 2.89. The van der Waals surface area contributed by atoms with E-state index < -0.39 is 27.3 Å². The molecule has 0 aromatic carbocycles. The first-order valence-corrected chi connectivity index (χ1v) is 7.82. The molecular formula is C13H22N2O4S. The van der Waals surface area contributed by atoms with Gasteiger partial charge in [-0.15, -0.1) is 6.58 Å². The van der Waals surface area contributed by atoms with Crippen molar-refractivity contribution in [3.8, 4) is 0 Å². The van der Waals surface area contributed by atoms with Crippen molar-refractivity contribution < 1.29 is 17.9 Å². The van der Waals surface area contributed by atoms with E-state index in [1.54, 1.807) is 26.8 Å². The highest BCUT2D eigenvalue weighted by molar-refractivity contribution is 7.92. The van der Waals surface area contributed by atoms with Crippen molar-refractivity contribution in [2.45, 2.75) is 38.3 Å². The number of sulfonamides is 1. The fourth-order valence-electron chi connectivity index (χ4n) is 2.00. The highest BCUT2D eigenvalue weighted by atomic mass is 32.2. The van der Waals surface area contributed by atoms with E-state index in [2.05, 4.69) is 17.9 Å². The van der Waals surface area contributed by atoms with Crippen LogP contribution < -0.4 is 4.72 Å². The third-order valence-electron chi connectivity index (χ3n) is 2.75. The van der Waals surface area contributed by atoms with Gasteiger partial charge in [-0.3, -0.25) is 0 Å². The highest BCUT2D eigenvalue weighted by Gasteiger charge is 2.47. The number of nitrogens with one attached hydrogen (secondary N) is 1. The van der Waals surface area contributed by atoms with Crippen molar-refractivity contribution in [2.24, 2.45) is 0 Å². The Morgan fingerprint density at radius 3 is 2.35 bits per heavy atom. The quantitative estimate of drug-likeness (QED) is 0.783. The summed E-state index contributed by atoms with van der Waals surface area (Å²) in [4.78, 5) is 13.3. The molecule has 6 nitrogen and oxygen atoms in total. The molecule has 0 aromatic heterocycles. The van der Waals surface area contributed by atoms with Gasteiger partial charge in [0, 0.05) is 18.5 Å². The molecule has 1 N–H and O–H groups in total. The average Bonchev–Trinajstić information content (AvgIpc) is 2.22. The minimum absolute atomic E-state index is 0.251. The maximum Gasteiger partial charge on any atom is 0.410 e. The lowest BCUT2D eigenvalue weighted by molar-refractivity contribution is -0.0108. The van der Waals surface area contributed by atoms with E-state index in [0.29, 0.717) is 6.42 Å². The molecular weight excluding hydrogens is 280 g/mol. The minimum atomic E-state index is -3.56. The predicted molar refractivity (Wildman–Crippen MR) is 77.6 cm³/mol. The molecule has 1 aliphatic heterocycles. The summed E-state index contributed by atoms with van der Waals surface area (Å²) in [6.07, 6.45) is 1.60. The van der Waals surface area contributed by atoms with Gasteiger partial charge >= 0.3 is 6.09 Å². The Kier molecular flexibility index (Phi) is 4.66. The summed E-state index contributed by atoms with van der Waals surface area (Å²) in [6.45, 7) is 12.7. The van der Waals surface area contributed by atoms with Crippen LogP contribution in [0, 0.1) is 0 Å². The molecule has 1 aliphatic rings. The zero-order valence-electron chi connectivity index (χ0n) is 12.2. The number of rotatable bonds is 5. The third-order valence-corrected chi connectivity index (χ3v) is 3.91. The lowest BCUT2D eigenvalue weighted by Crippen LogP contribution is -2.71. The van der Waals surface area contributed by atoms with E-state index in [9.17, 15) is 13.2 Å². The second-order valence-corrected chi connectivity index (χ2v) is 7.55. The van der Waals surface area contributed by atoms with Crippen LogP contribution in [0.4, 0.5) is 4.79 Å². The molecule has 0 aromatic rings. The van der Waals surface area contributed by atoms with Gasteiger partial charge in [0.25, 0.3) is 0 Å². The number of hydrogen-bond acceptors (Lipinski definition) is 4. The van der Waals surface area contributed by atoms with Crippen LogP contribution in [0.25, 0.3) is 0 Å². The minimum Gasteiger partial charge on any atom is -0.444 e. The molecule has 0 radical (unpaired) electrons. The number of amides is 1. The first kappa shape index (κ1) is 16.7. The Morgan fingerprint density at radius 2 is 1.95 bits per heavy atom. The van der Waals surface area contributed by atoms with Gasteiger partial charge in [-0.2, -0.15) is 0 Å². The van der Waals surface area contributed by atoms with Crippen LogP contribution >= 0.6 is 0 Å². The van der Waals surface area contributed by atoms with Crippen molar-refractivity contribution >= 4 is 16.1 Å². The van der Waals surface area contributed by atoms with Crippen molar-refractivity contribution in [1.29, 1.82) is 0 Å². The summed E-state index contributed by atoms with van der Waals surface area (Å²) in [5, 5.41) is 0.855. The van der Waals surface area contributed by atoms with Crippen LogP contribution in [-0.2, 0) is 14.8 Å². The lowest BCUT2D eigenvalue weighted by atomic mass is 9.88. The first-order chi connectivity index (χ1) is 9.02. The summed E-state index contributed by atoms with van der Waals surface area (Å²) in [5.74, 6) is 0. The maximum atomic E-state index is 11.8. The smallest absolute Gasteiger partial charge is 0.410 e. The van der Waals surface area contributed by atoms with Crippen LogP contribution in [0.3, 0.4) is 0 Å². The molecule has 1 saturated heterocycles. The molecule has 1 amide bonds. The monoisotopic (exact) mass is 302 g/mol. The van der Waals surface area contributed by atoms with E-state index in [1.807, 2.05) is 0 Å². The molecule has 7 heteroatoms. The normalized spacial score (nSPS) is 18.1. The summed E-state index contributed by atoms with van der Waals surface area (Å²) in [5.41, 5.74) is -1.29. The van der Waals surface area contributed by atoms with Gasteiger partial charge in [0.1, 0.15) is 5.60 Å². The van der Waals surface area contributed by atoms with E-state index in [0.717, 1.165) is 5.41 Å². The second-order valence-electron chi connectivity index (χ2n) is 5.92. The van der Waals surface area contributed by atoms with Gasteiger partial charge in [0.15, 0.2) is 0 Å². The van der Waals surface area contributed by atoms with Gasteiger partial charge in [-0.1, -0.05) is 12.7 Å².